The smallest absolute Gasteiger partial charge is 0.163 e. The molecule has 0 unspecified atom stereocenters. The molecule has 2 N–H and O–H groups in total. The molecule has 1 saturated heterocycles. The average Bonchev–Trinajstić information content (AvgIpc) is 3.25. The van der Waals surface area contributed by atoms with Crippen molar-refractivity contribution in [2.45, 2.75) is 0 Å². The summed E-state index contributed by atoms with van der Waals surface area (Å²) in [6.07, 6.45) is 0. The van der Waals surface area contributed by atoms with Crippen molar-refractivity contribution in [3.8, 4) is 21.8 Å². The Hall–Kier alpha value is -2.80. The fourth-order valence-corrected chi connectivity index (χ4v) is 4.82. The highest BCUT2D eigenvalue weighted by Crippen LogP contribution is 2.36. The minimum Gasteiger partial charge on any atom is -0.370 e. The van der Waals surface area contributed by atoms with Crippen LogP contribution in [0.3, 0.4) is 0 Å². The maximum Gasteiger partial charge on any atom is 0.163 e. The first kappa shape index (κ1) is 19.2. The van der Waals surface area contributed by atoms with Crippen LogP contribution >= 0.6 is 11.3 Å². The minimum atomic E-state index is 0.769. The Balaban J connectivity index is 1.48. The second-order valence-corrected chi connectivity index (χ2v) is 8.53. The zero-order valence-corrected chi connectivity index (χ0v) is 17.6. The molecule has 5 rings (SSSR count). The van der Waals surface area contributed by atoms with Gasteiger partial charge in [0, 0.05) is 10.4 Å². The molecule has 1 aliphatic rings. The van der Waals surface area contributed by atoms with Gasteiger partial charge in [-0.25, -0.2) is 9.97 Å². The van der Waals surface area contributed by atoms with E-state index in [1.165, 1.54) is 10.4 Å². The highest BCUT2D eigenvalue weighted by molar-refractivity contribution is 7.21. The number of aromatic nitrogens is 2. The van der Waals surface area contributed by atoms with Crippen LogP contribution in [-0.4, -0.2) is 49.4 Å². The summed E-state index contributed by atoms with van der Waals surface area (Å²) in [5.41, 5.74) is 2.25. The third-order valence-electron chi connectivity index (χ3n) is 5.45. The largest absolute Gasteiger partial charge is 0.370 e. The van der Waals surface area contributed by atoms with Gasteiger partial charge in [-0.1, -0.05) is 60.7 Å². The predicted octanol–water partition coefficient (Wildman–Crippen LogP) is 3.35. The number of fused-ring (bicyclic) bond motifs is 1. The number of morpholine rings is 1. The molecule has 152 valence electrons. The first-order valence-electron chi connectivity index (χ1n) is 10.4. The van der Waals surface area contributed by atoms with Crippen LogP contribution in [0, 0.1) is 0 Å². The molecule has 2 aromatic carbocycles. The van der Waals surface area contributed by atoms with Gasteiger partial charge in [-0.15, -0.1) is 11.3 Å². The van der Waals surface area contributed by atoms with Crippen molar-refractivity contribution in [1.82, 2.24) is 9.97 Å². The fourth-order valence-electron chi connectivity index (χ4n) is 3.78. The van der Waals surface area contributed by atoms with Crippen LogP contribution in [0.15, 0.2) is 66.7 Å². The number of benzene rings is 2. The first-order chi connectivity index (χ1) is 14.9. The molecule has 0 atom stereocenters. The minimum absolute atomic E-state index is 0.769. The van der Waals surface area contributed by atoms with Crippen molar-refractivity contribution < 1.29 is 9.64 Å². The van der Waals surface area contributed by atoms with Gasteiger partial charge in [0.05, 0.1) is 31.7 Å². The summed E-state index contributed by atoms with van der Waals surface area (Å²) in [6.45, 7) is 5.81. The molecular weight excluding hydrogens is 392 g/mol. The van der Waals surface area contributed by atoms with Crippen LogP contribution < -0.4 is 10.2 Å². The van der Waals surface area contributed by atoms with Crippen molar-refractivity contribution in [2.24, 2.45) is 0 Å². The number of quaternary nitrogens is 1. The van der Waals surface area contributed by atoms with E-state index in [1.54, 1.807) is 16.2 Å². The molecule has 0 saturated carbocycles. The highest BCUT2D eigenvalue weighted by Gasteiger charge is 2.16. The zero-order valence-electron chi connectivity index (χ0n) is 16.8. The van der Waals surface area contributed by atoms with E-state index in [4.69, 9.17) is 14.7 Å². The Kier molecular flexibility index (Phi) is 5.70. The summed E-state index contributed by atoms with van der Waals surface area (Å²) in [7, 11) is 0. The van der Waals surface area contributed by atoms with E-state index in [9.17, 15) is 0 Å². The summed E-state index contributed by atoms with van der Waals surface area (Å²) in [5.74, 6) is 1.69. The average molecular weight is 418 g/mol. The normalized spacial score (nSPS) is 14.8. The van der Waals surface area contributed by atoms with Gasteiger partial charge >= 0.3 is 0 Å². The fraction of sp³-hybridized carbons (Fsp3) is 0.250. The lowest BCUT2D eigenvalue weighted by Crippen LogP contribution is -3.14. The Bertz CT molecular complexity index is 1110. The molecular formula is C24H25N4OS+. The molecule has 1 aliphatic heterocycles. The molecule has 5 nitrogen and oxygen atoms in total. The van der Waals surface area contributed by atoms with Gasteiger partial charge in [-0.05, 0) is 11.6 Å². The lowest BCUT2D eigenvalue weighted by Gasteiger charge is -2.23. The molecule has 6 heteroatoms. The number of nitrogens with one attached hydrogen (secondary N) is 2. The summed E-state index contributed by atoms with van der Waals surface area (Å²) < 4.78 is 5.47. The Morgan fingerprint density at radius 3 is 2.33 bits per heavy atom. The Morgan fingerprint density at radius 1 is 0.900 bits per heavy atom. The lowest BCUT2D eigenvalue weighted by atomic mass is 10.2. The molecule has 4 aromatic rings. The second kappa shape index (κ2) is 8.92. The molecule has 0 aliphatic carbocycles. The quantitative estimate of drug-likeness (QED) is 0.505. The first-order valence-corrected chi connectivity index (χ1v) is 11.3. The SMILES string of the molecule is c1ccc(-c2nc(NCC[NH+]3CCOCC3)c3cc(-c4ccccc4)sc3n2)cc1. The van der Waals surface area contributed by atoms with Crippen molar-refractivity contribution in [2.75, 3.05) is 44.7 Å². The number of nitrogens with zero attached hydrogens (tertiary/aromatic N) is 2. The molecule has 2 aromatic heterocycles. The maximum absolute atomic E-state index is 5.47. The number of anilines is 1. The molecule has 0 amide bonds. The van der Waals surface area contributed by atoms with Crippen molar-refractivity contribution in [3.05, 3.63) is 66.7 Å². The molecule has 30 heavy (non-hydrogen) atoms. The van der Waals surface area contributed by atoms with Crippen LogP contribution in [0.5, 0.6) is 0 Å². The zero-order chi connectivity index (χ0) is 20.2. The number of hydrogen-bond acceptors (Lipinski definition) is 5. The van der Waals surface area contributed by atoms with Crippen LogP contribution in [0.1, 0.15) is 0 Å². The summed E-state index contributed by atoms with van der Waals surface area (Å²) in [4.78, 5) is 13.6. The van der Waals surface area contributed by atoms with E-state index in [0.717, 1.165) is 66.8 Å². The highest BCUT2D eigenvalue weighted by atomic mass is 32.1. The van der Waals surface area contributed by atoms with E-state index in [1.807, 2.05) is 24.3 Å². The van der Waals surface area contributed by atoms with Gasteiger partial charge in [0.1, 0.15) is 23.7 Å². The van der Waals surface area contributed by atoms with Gasteiger partial charge < -0.3 is 15.0 Å². The van der Waals surface area contributed by atoms with E-state index in [0.29, 0.717) is 0 Å². The molecule has 0 bridgehead atoms. The second-order valence-electron chi connectivity index (χ2n) is 7.50. The maximum atomic E-state index is 5.47. The number of rotatable bonds is 6. The van der Waals surface area contributed by atoms with Crippen molar-refractivity contribution in [3.63, 3.8) is 0 Å². The lowest BCUT2D eigenvalue weighted by molar-refractivity contribution is -0.906. The van der Waals surface area contributed by atoms with Crippen LogP contribution in [0.2, 0.25) is 0 Å². The van der Waals surface area contributed by atoms with Crippen LogP contribution in [0.4, 0.5) is 5.82 Å². The van der Waals surface area contributed by atoms with Crippen molar-refractivity contribution >= 4 is 27.4 Å². The van der Waals surface area contributed by atoms with Gasteiger partial charge in [-0.2, -0.15) is 0 Å². The third-order valence-corrected chi connectivity index (χ3v) is 6.53. The Labute approximate surface area is 180 Å². The molecule has 1 fully saturated rings. The van der Waals surface area contributed by atoms with Gasteiger partial charge in [-0.3, -0.25) is 0 Å². The summed E-state index contributed by atoms with van der Waals surface area (Å²) in [5, 5.41) is 4.70. The van der Waals surface area contributed by atoms with Gasteiger partial charge in [0.15, 0.2) is 5.82 Å². The van der Waals surface area contributed by atoms with Crippen molar-refractivity contribution in [1.29, 1.82) is 0 Å². The number of ether oxygens (including phenoxy) is 1. The van der Waals surface area contributed by atoms with E-state index in [-0.39, 0.29) is 0 Å². The molecule has 0 spiro atoms. The number of hydrogen-bond donors (Lipinski definition) is 2. The van der Waals surface area contributed by atoms with E-state index >= 15 is 0 Å². The van der Waals surface area contributed by atoms with E-state index in [2.05, 4.69) is 47.8 Å². The number of thiophene rings is 1. The Morgan fingerprint density at radius 2 is 1.60 bits per heavy atom. The third kappa shape index (κ3) is 4.21. The standard InChI is InChI=1S/C24H24N4OS/c1-3-7-18(8-4-1)21-17-20-23(25-11-12-28-13-15-29-16-14-28)26-22(27-24(20)30-21)19-9-5-2-6-10-19/h1-10,17H,11-16H2,(H,25,26,27)/p+1. The van der Waals surface area contributed by atoms with Crippen LogP contribution in [-0.2, 0) is 4.74 Å². The van der Waals surface area contributed by atoms with Crippen LogP contribution in [0.25, 0.3) is 32.0 Å². The van der Waals surface area contributed by atoms with Gasteiger partial charge in [0.2, 0.25) is 0 Å². The predicted molar refractivity (Wildman–Crippen MR) is 123 cm³/mol. The topological polar surface area (TPSA) is 51.5 Å². The summed E-state index contributed by atoms with van der Waals surface area (Å²) in [6, 6.07) is 22.9. The summed E-state index contributed by atoms with van der Waals surface area (Å²) >= 11 is 1.72. The van der Waals surface area contributed by atoms with E-state index < -0.39 is 0 Å². The monoisotopic (exact) mass is 417 g/mol. The van der Waals surface area contributed by atoms with Gasteiger partial charge in [0.25, 0.3) is 0 Å². The molecule has 3 heterocycles. The molecule has 0 radical (unpaired) electrons.